The predicted molar refractivity (Wildman–Crippen MR) is 69.8 cm³/mol. The number of nitrogen functional groups attached to an aromatic ring is 1. The topological polar surface area (TPSA) is 77.0 Å². The van der Waals surface area contributed by atoms with Gasteiger partial charge in [-0.2, -0.15) is 0 Å². The molecule has 0 fully saturated rings. The van der Waals surface area contributed by atoms with Crippen molar-refractivity contribution in [2.75, 3.05) is 5.43 Å². The van der Waals surface area contributed by atoms with E-state index in [0.717, 1.165) is 27.9 Å². The Morgan fingerprint density at radius 1 is 1.22 bits per heavy atom. The summed E-state index contributed by atoms with van der Waals surface area (Å²) in [6.45, 7) is 1.90. The number of anilines is 1. The second kappa shape index (κ2) is 4.12. The Labute approximate surface area is 104 Å². The van der Waals surface area contributed by atoms with Gasteiger partial charge < -0.3 is 4.42 Å². The largest absolute Gasteiger partial charge is 0.464 e. The lowest BCUT2D eigenvalue weighted by Gasteiger charge is -2.03. The molecular formula is C13H12N4O. The van der Waals surface area contributed by atoms with E-state index in [1.165, 1.54) is 0 Å². The number of hydrazine groups is 1. The summed E-state index contributed by atoms with van der Waals surface area (Å²) in [7, 11) is 0. The highest BCUT2D eigenvalue weighted by Crippen LogP contribution is 2.29. The van der Waals surface area contributed by atoms with Crippen LogP contribution in [0.25, 0.3) is 22.2 Å². The smallest absolute Gasteiger partial charge is 0.237 e. The molecule has 2 heterocycles. The molecule has 1 aromatic carbocycles. The number of fused-ring (bicyclic) bond motifs is 1. The highest BCUT2D eigenvalue weighted by Gasteiger charge is 2.10. The molecule has 3 rings (SSSR count). The molecule has 0 saturated carbocycles. The first-order valence-corrected chi connectivity index (χ1v) is 5.57. The van der Waals surface area contributed by atoms with Crippen molar-refractivity contribution in [3.05, 3.63) is 42.3 Å². The number of nitrogens with one attached hydrogen (secondary N) is 1. The van der Waals surface area contributed by atoms with Gasteiger partial charge in [-0.1, -0.05) is 18.2 Å². The van der Waals surface area contributed by atoms with Crippen LogP contribution in [0.4, 0.5) is 5.95 Å². The molecule has 3 N–H and O–H groups in total. The zero-order chi connectivity index (χ0) is 12.5. The molecular weight excluding hydrogens is 228 g/mol. The van der Waals surface area contributed by atoms with Crippen molar-refractivity contribution in [2.45, 2.75) is 6.92 Å². The number of nitrogens with two attached hydrogens (primary N) is 1. The number of para-hydroxylation sites is 1. The maximum Gasteiger partial charge on any atom is 0.237 e. The van der Waals surface area contributed by atoms with Gasteiger partial charge in [-0.3, -0.25) is 5.43 Å². The Bertz CT molecular complexity index is 705. The van der Waals surface area contributed by atoms with Gasteiger partial charge in [0.25, 0.3) is 0 Å². The molecule has 5 heteroatoms. The fraction of sp³-hybridized carbons (Fsp3) is 0.0769. The third kappa shape index (κ3) is 1.70. The minimum Gasteiger partial charge on any atom is -0.464 e. The van der Waals surface area contributed by atoms with Gasteiger partial charge >= 0.3 is 0 Å². The fourth-order valence-corrected chi connectivity index (χ4v) is 1.95. The zero-order valence-corrected chi connectivity index (χ0v) is 9.84. The van der Waals surface area contributed by atoms with Crippen LogP contribution < -0.4 is 11.3 Å². The van der Waals surface area contributed by atoms with Gasteiger partial charge in [0.05, 0.1) is 5.69 Å². The summed E-state index contributed by atoms with van der Waals surface area (Å²) in [4.78, 5) is 8.50. The van der Waals surface area contributed by atoms with Crippen molar-refractivity contribution in [2.24, 2.45) is 5.84 Å². The minimum atomic E-state index is 0.398. The van der Waals surface area contributed by atoms with Crippen molar-refractivity contribution in [3.63, 3.8) is 0 Å². The predicted octanol–water partition coefficient (Wildman–Crippen LogP) is 2.48. The second-order valence-corrected chi connectivity index (χ2v) is 4.01. The number of benzene rings is 1. The quantitative estimate of drug-likeness (QED) is 0.531. The number of hydrogen-bond acceptors (Lipinski definition) is 5. The zero-order valence-electron chi connectivity index (χ0n) is 9.84. The van der Waals surface area contributed by atoms with Crippen LogP contribution in [0, 0.1) is 6.92 Å². The van der Waals surface area contributed by atoms with E-state index in [-0.39, 0.29) is 0 Å². The molecule has 3 aromatic rings. The second-order valence-electron chi connectivity index (χ2n) is 4.01. The number of furan rings is 1. The molecule has 0 aliphatic heterocycles. The van der Waals surface area contributed by atoms with Crippen molar-refractivity contribution >= 4 is 16.9 Å². The highest BCUT2D eigenvalue weighted by molar-refractivity contribution is 5.92. The molecule has 0 atom stereocenters. The third-order valence-corrected chi connectivity index (χ3v) is 2.74. The van der Waals surface area contributed by atoms with Gasteiger partial charge in [0.1, 0.15) is 11.8 Å². The van der Waals surface area contributed by atoms with Crippen molar-refractivity contribution in [3.8, 4) is 11.3 Å². The maximum absolute atomic E-state index is 5.50. The molecule has 0 spiro atoms. The van der Waals surface area contributed by atoms with E-state index in [4.69, 9.17) is 10.3 Å². The SMILES string of the molecule is Cc1cc(-c2coc3ccccc23)nc(NN)n1. The minimum absolute atomic E-state index is 0.398. The van der Waals surface area contributed by atoms with Gasteiger partial charge in [-0.15, -0.1) is 0 Å². The lowest BCUT2D eigenvalue weighted by Crippen LogP contribution is -2.11. The fourth-order valence-electron chi connectivity index (χ4n) is 1.95. The molecule has 0 amide bonds. The Kier molecular flexibility index (Phi) is 2.46. The van der Waals surface area contributed by atoms with Crippen LogP contribution in [-0.2, 0) is 0 Å². The van der Waals surface area contributed by atoms with Gasteiger partial charge in [0.15, 0.2) is 0 Å². The van der Waals surface area contributed by atoms with Crippen LogP contribution in [0.2, 0.25) is 0 Å². The molecule has 0 aliphatic rings. The Hall–Kier alpha value is -2.40. The van der Waals surface area contributed by atoms with Gasteiger partial charge in [0, 0.05) is 16.6 Å². The van der Waals surface area contributed by atoms with E-state index in [9.17, 15) is 0 Å². The Morgan fingerprint density at radius 2 is 2.06 bits per heavy atom. The first-order chi connectivity index (χ1) is 8.78. The highest BCUT2D eigenvalue weighted by atomic mass is 16.3. The standard InChI is InChI=1S/C13H12N4O/c1-8-6-11(16-13(15-8)17-14)10-7-18-12-5-3-2-4-9(10)12/h2-7H,14H2,1H3,(H,15,16,17). The number of nitrogens with zero attached hydrogens (tertiary/aromatic N) is 2. The number of aryl methyl sites for hydroxylation is 1. The molecule has 2 aromatic heterocycles. The normalized spacial score (nSPS) is 10.8. The number of aromatic nitrogens is 2. The summed E-state index contributed by atoms with van der Waals surface area (Å²) in [6.07, 6.45) is 1.70. The van der Waals surface area contributed by atoms with Crippen LogP contribution in [-0.4, -0.2) is 9.97 Å². The summed E-state index contributed by atoms with van der Waals surface area (Å²) >= 11 is 0. The third-order valence-electron chi connectivity index (χ3n) is 2.74. The monoisotopic (exact) mass is 240 g/mol. The molecule has 0 bridgehead atoms. The van der Waals surface area contributed by atoms with Crippen LogP contribution >= 0.6 is 0 Å². The molecule has 0 saturated heterocycles. The number of hydrogen-bond donors (Lipinski definition) is 2. The van der Waals surface area contributed by atoms with Crippen LogP contribution in [0.5, 0.6) is 0 Å². The summed E-state index contributed by atoms with van der Waals surface area (Å²) < 4.78 is 5.50. The van der Waals surface area contributed by atoms with Crippen molar-refractivity contribution in [1.29, 1.82) is 0 Å². The van der Waals surface area contributed by atoms with Crippen LogP contribution in [0.3, 0.4) is 0 Å². The molecule has 0 unspecified atom stereocenters. The molecule has 0 radical (unpaired) electrons. The maximum atomic E-state index is 5.50. The summed E-state index contributed by atoms with van der Waals surface area (Å²) in [5.74, 6) is 5.75. The first kappa shape index (κ1) is 10.7. The lowest BCUT2D eigenvalue weighted by atomic mass is 10.1. The summed E-state index contributed by atoms with van der Waals surface area (Å²) in [5.41, 5.74) is 5.88. The van der Waals surface area contributed by atoms with E-state index >= 15 is 0 Å². The van der Waals surface area contributed by atoms with E-state index in [0.29, 0.717) is 5.95 Å². The van der Waals surface area contributed by atoms with Crippen LogP contribution in [0.1, 0.15) is 5.69 Å². The summed E-state index contributed by atoms with van der Waals surface area (Å²) in [6, 6.07) is 9.74. The average molecular weight is 240 g/mol. The van der Waals surface area contributed by atoms with E-state index < -0.39 is 0 Å². The number of rotatable bonds is 2. The average Bonchev–Trinajstić information content (AvgIpc) is 2.81. The van der Waals surface area contributed by atoms with Gasteiger partial charge in [-0.25, -0.2) is 15.8 Å². The van der Waals surface area contributed by atoms with E-state index in [2.05, 4.69) is 15.4 Å². The van der Waals surface area contributed by atoms with Gasteiger partial charge in [-0.05, 0) is 19.1 Å². The van der Waals surface area contributed by atoms with Crippen molar-refractivity contribution < 1.29 is 4.42 Å². The Morgan fingerprint density at radius 3 is 2.89 bits per heavy atom. The molecule has 0 aliphatic carbocycles. The Balaban J connectivity index is 2.22. The molecule has 90 valence electrons. The van der Waals surface area contributed by atoms with E-state index in [1.807, 2.05) is 37.3 Å². The summed E-state index contributed by atoms with van der Waals surface area (Å²) in [5, 5.41) is 1.03. The first-order valence-electron chi connectivity index (χ1n) is 5.57. The van der Waals surface area contributed by atoms with Gasteiger partial charge in [0.2, 0.25) is 5.95 Å². The molecule has 18 heavy (non-hydrogen) atoms. The lowest BCUT2D eigenvalue weighted by molar-refractivity contribution is 0.617. The molecule has 5 nitrogen and oxygen atoms in total. The van der Waals surface area contributed by atoms with E-state index in [1.54, 1.807) is 6.26 Å². The van der Waals surface area contributed by atoms with Crippen molar-refractivity contribution in [1.82, 2.24) is 9.97 Å². The van der Waals surface area contributed by atoms with Crippen LogP contribution in [0.15, 0.2) is 41.0 Å².